The van der Waals surface area contributed by atoms with Crippen LogP contribution in [0, 0.1) is 0 Å². The SMILES string of the molecule is O=C(NCC=Cc1ccc(O)c(C(F)(F)F)c1)OCC1c2ccccc2-c2ccccc21. The first-order chi connectivity index (χ1) is 15.3. The average molecular weight is 439 g/mol. The molecule has 3 aromatic rings. The third-order valence-corrected chi connectivity index (χ3v) is 5.34. The van der Waals surface area contributed by atoms with Gasteiger partial charge in [0.05, 0.1) is 5.56 Å². The standard InChI is InChI=1S/C25H20F3NO3/c26-25(27,28)22-14-16(11-12-23(22)30)6-5-13-29-24(31)32-15-21-19-9-3-1-7-17(19)18-8-2-4-10-20(18)21/h1-12,14,21,30H,13,15H2,(H,29,31). The molecule has 0 atom stereocenters. The van der Waals surface area contributed by atoms with Crippen LogP contribution < -0.4 is 5.32 Å². The molecule has 0 bridgehead atoms. The van der Waals surface area contributed by atoms with Gasteiger partial charge in [0.15, 0.2) is 0 Å². The minimum Gasteiger partial charge on any atom is -0.507 e. The van der Waals surface area contributed by atoms with Crippen molar-refractivity contribution in [2.24, 2.45) is 0 Å². The maximum absolute atomic E-state index is 12.9. The molecule has 3 aromatic carbocycles. The number of fused-ring (bicyclic) bond motifs is 3. The number of carbonyl (C=O) groups is 1. The Balaban J connectivity index is 1.33. The molecule has 0 spiro atoms. The number of phenols is 1. The number of alkyl carbamates (subject to hydrolysis) is 1. The highest BCUT2D eigenvalue weighted by molar-refractivity contribution is 5.79. The van der Waals surface area contributed by atoms with Gasteiger partial charge in [-0.15, -0.1) is 0 Å². The van der Waals surface area contributed by atoms with Gasteiger partial charge in [-0.1, -0.05) is 66.7 Å². The molecule has 2 N–H and O–H groups in total. The van der Waals surface area contributed by atoms with E-state index >= 15 is 0 Å². The van der Waals surface area contributed by atoms with Crippen molar-refractivity contribution in [3.63, 3.8) is 0 Å². The van der Waals surface area contributed by atoms with Crippen LogP contribution in [-0.2, 0) is 10.9 Å². The van der Waals surface area contributed by atoms with Gasteiger partial charge >= 0.3 is 12.3 Å². The molecule has 0 aromatic heterocycles. The number of alkyl halides is 3. The summed E-state index contributed by atoms with van der Waals surface area (Å²) >= 11 is 0. The second-order valence-electron chi connectivity index (χ2n) is 7.38. The van der Waals surface area contributed by atoms with Crippen LogP contribution in [0.5, 0.6) is 5.75 Å². The lowest BCUT2D eigenvalue weighted by atomic mass is 9.98. The van der Waals surface area contributed by atoms with Crippen molar-refractivity contribution in [3.05, 3.63) is 95.1 Å². The first kappa shape index (κ1) is 21.5. The van der Waals surface area contributed by atoms with E-state index in [0.29, 0.717) is 0 Å². The Hall–Kier alpha value is -3.74. The van der Waals surface area contributed by atoms with E-state index in [1.165, 1.54) is 18.2 Å². The number of benzene rings is 3. The number of carbonyl (C=O) groups excluding carboxylic acids is 1. The van der Waals surface area contributed by atoms with Gasteiger partial charge in [-0.25, -0.2) is 4.79 Å². The zero-order valence-corrected chi connectivity index (χ0v) is 16.9. The van der Waals surface area contributed by atoms with Crippen molar-refractivity contribution in [2.75, 3.05) is 13.2 Å². The lowest BCUT2D eigenvalue weighted by Crippen LogP contribution is -2.26. The highest BCUT2D eigenvalue weighted by Crippen LogP contribution is 2.44. The zero-order valence-electron chi connectivity index (χ0n) is 16.9. The summed E-state index contributed by atoms with van der Waals surface area (Å²) in [5, 5.41) is 11.9. The number of nitrogens with one attached hydrogen (secondary N) is 1. The first-order valence-electron chi connectivity index (χ1n) is 10.00. The van der Waals surface area contributed by atoms with Gasteiger partial charge in [0, 0.05) is 12.5 Å². The van der Waals surface area contributed by atoms with Gasteiger partial charge < -0.3 is 15.2 Å². The van der Waals surface area contributed by atoms with E-state index in [-0.39, 0.29) is 24.6 Å². The molecule has 0 radical (unpaired) electrons. The number of rotatable bonds is 5. The highest BCUT2D eigenvalue weighted by atomic mass is 19.4. The minimum absolute atomic E-state index is 0.0542. The lowest BCUT2D eigenvalue weighted by Gasteiger charge is -2.14. The van der Waals surface area contributed by atoms with Gasteiger partial charge in [0.25, 0.3) is 0 Å². The highest BCUT2D eigenvalue weighted by Gasteiger charge is 2.33. The smallest absolute Gasteiger partial charge is 0.419 e. The number of aromatic hydroxyl groups is 1. The van der Waals surface area contributed by atoms with Crippen LogP contribution >= 0.6 is 0 Å². The minimum atomic E-state index is -4.65. The third kappa shape index (κ3) is 4.46. The molecule has 1 aliphatic rings. The van der Waals surface area contributed by atoms with E-state index in [0.717, 1.165) is 34.4 Å². The summed E-state index contributed by atoms with van der Waals surface area (Å²) in [6.07, 6.45) is -2.32. The van der Waals surface area contributed by atoms with Crippen LogP contribution in [0.3, 0.4) is 0 Å². The Bertz CT molecular complexity index is 1130. The fraction of sp³-hybridized carbons (Fsp3) is 0.160. The molecule has 0 saturated carbocycles. The van der Waals surface area contributed by atoms with Crippen molar-refractivity contribution < 1.29 is 27.8 Å². The molecule has 164 valence electrons. The number of phenolic OH excluding ortho intramolecular Hbond substituents is 1. The topological polar surface area (TPSA) is 58.6 Å². The second kappa shape index (κ2) is 8.78. The van der Waals surface area contributed by atoms with Gasteiger partial charge in [-0.05, 0) is 39.9 Å². The predicted molar refractivity (Wildman–Crippen MR) is 115 cm³/mol. The molecule has 0 heterocycles. The van der Waals surface area contributed by atoms with Gasteiger partial charge in [-0.2, -0.15) is 13.2 Å². The number of amides is 1. The lowest BCUT2D eigenvalue weighted by molar-refractivity contribution is -0.138. The molecule has 1 aliphatic carbocycles. The average Bonchev–Trinajstić information content (AvgIpc) is 3.09. The number of hydrogen-bond acceptors (Lipinski definition) is 3. The quantitative estimate of drug-likeness (QED) is 0.516. The molecule has 0 saturated heterocycles. The molecule has 4 nitrogen and oxygen atoms in total. The van der Waals surface area contributed by atoms with Crippen molar-refractivity contribution in [2.45, 2.75) is 12.1 Å². The van der Waals surface area contributed by atoms with Crippen molar-refractivity contribution >= 4 is 12.2 Å². The van der Waals surface area contributed by atoms with E-state index in [1.54, 1.807) is 0 Å². The molecule has 32 heavy (non-hydrogen) atoms. The Morgan fingerprint density at radius 3 is 2.25 bits per heavy atom. The molecule has 1 amide bonds. The Kier molecular flexibility index (Phi) is 5.90. The summed E-state index contributed by atoms with van der Waals surface area (Å²) in [6, 6.07) is 19.2. The van der Waals surface area contributed by atoms with E-state index in [4.69, 9.17) is 4.74 Å². The van der Waals surface area contributed by atoms with Gasteiger partial charge in [0.2, 0.25) is 0 Å². The fourth-order valence-electron chi connectivity index (χ4n) is 3.87. The molecule has 4 rings (SSSR count). The largest absolute Gasteiger partial charge is 0.507 e. The molecular formula is C25H20F3NO3. The summed E-state index contributed by atoms with van der Waals surface area (Å²) < 4.78 is 44.0. The number of hydrogen-bond donors (Lipinski definition) is 2. The van der Waals surface area contributed by atoms with Gasteiger partial charge in [-0.3, -0.25) is 0 Å². The number of ether oxygens (including phenoxy) is 1. The summed E-state index contributed by atoms with van der Waals surface area (Å²) in [4.78, 5) is 12.1. The van der Waals surface area contributed by atoms with Crippen LogP contribution in [-0.4, -0.2) is 24.4 Å². The van der Waals surface area contributed by atoms with Gasteiger partial charge in [0.1, 0.15) is 12.4 Å². The molecular weight excluding hydrogens is 419 g/mol. The van der Waals surface area contributed by atoms with Crippen molar-refractivity contribution in [1.82, 2.24) is 5.32 Å². The molecule has 0 unspecified atom stereocenters. The number of halogens is 3. The monoisotopic (exact) mass is 439 g/mol. The van der Waals surface area contributed by atoms with E-state index in [2.05, 4.69) is 5.32 Å². The van der Waals surface area contributed by atoms with E-state index in [1.807, 2.05) is 48.5 Å². The fourth-order valence-corrected chi connectivity index (χ4v) is 3.87. The normalized spacial score (nSPS) is 13.1. The summed E-state index contributed by atoms with van der Waals surface area (Å²) in [6.45, 7) is 0.259. The first-order valence-corrected chi connectivity index (χ1v) is 10.00. The van der Waals surface area contributed by atoms with Crippen LogP contribution in [0.15, 0.2) is 72.8 Å². The Labute approximate surface area is 183 Å². The third-order valence-electron chi connectivity index (χ3n) is 5.34. The van der Waals surface area contributed by atoms with Crippen LogP contribution in [0.1, 0.15) is 28.2 Å². The van der Waals surface area contributed by atoms with E-state index < -0.39 is 23.6 Å². The van der Waals surface area contributed by atoms with Crippen LogP contribution in [0.4, 0.5) is 18.0 Å². The summed E-state index contributed by atoms with van der Waals surface area (Å²) in [7, 11) is 0. The predicted octanol–water partition coefficient (Wildman–Crippen LogP) is 5.96. The molecule has 7 heteroatoms. The Morgan fingerprint density at radius 1 is 1.00 bits per heavy atom. The second-order valence-corrected chi connectivity index (χ2v) is 7.38. The molecule has 0 aliphatic heterocycles. The summed E-state index contributed by atoms with van der Waals surface area (Å²) in [5.41, 5.74) is 3.62. The Morgan fingerprint density at radius 2 is 1.62 bits per heavy atom. The maximum Gasteiger partial charge on any atom is 0.419 e. The summed E-state index contributed by atoms with van der Waals surface area (Å²) in [5.74, 6) is -0.882. The molecule has 0 fully saturated rings. The maximum atomic E-state index is 12.9. The van der Waals surface area contributed by atoms with Crippen molar-refractivity contribution in [3.8, 4) is 16.9 Å². The van der Waals surface area contributed by atoms with Crippen LogP contribution in [0.2, 0.25) is 0 Å². The zero-order chi connectivity index (χ0) is 22.7. The van der Waals surface area contributed by atoms with Crippen molar-refractivity contribution in [1.29, 1.82) is 0 Å². The van der Waals surface area contributed by atoms with Crippen LogP contribution in [0.25, 0.3) is 17.2 Å². The van der Waals surface area contributed by atoms with E-state index in [9.17, 15) is 23.1 Å².